The number of amides is 2. The molecule has 2 amide bonds. The van der Waals surface area contributed by atoms with Crippen molar-refractivity contribution in [3.8, 4) is 17.2 Å². The third-order valence-corrected chi connectivity index (χ3v) is 6.09. The van der Waals surface area contributed by atoms with Gasteiger partial charge in [0.25, 0.3) is 0 Å². The highest BCUT2D eigenvalue weighted by molar-refractivity contribution is 8.14. The second-order valence-electron chi connectivity index (χ2n) is 7.42. The average molecular weight is 492 g/mol. The van der Waals surface area contributed by atoms with Crippen LogP contribution in [0.2, 0.25) is 5.02 Å². The van der Waals surface area contributed by atoms with Gasteiger partial charge in [-0.1, -0.05) is 41.1 Å². The van der Waals surface area contributed by atoms with Crippen LogP contribution < -0.4 is 19.5 Å². The zero-order valence-electron chi connectivity index (χ0n) is 19.1. The molecule has 0 bridgehead atoms. The first-order valence-electron chi connectivity index (χ1n) is 10.2. The molecule has 0 radical (unpaired) electrons. The lowest BCUT2D eigenvalue weighted by molar-refractivity contribution is -0.129. The summed E-state index contributed by atoms with van der Waals surface area (Å²) < 4.78 is 17.2. The smallest absolute Gasteiger partial charge is 0.241 e. The topological polar surface area (TPSA) is 89.5 Å². The van der Waals surface area contributed by atoms with Crippen LogP contribution in [0.5, 0.6) is 17.2 Å². The number of carbonyl (C=O) groups excluding carboxylic acids is 2. The number of nitrogens with zero attached hydrogens (tertiary/aromatic N) is 2. The Morgan fingerprint density at radius 2 is 1.85 bits per heavy atom. The van der Waals surface area contributed by atoms with Crippen LogP contribution in [-0.2, 0) is 9.59 Å². The molecule has 1 heterocycles. The van der Waals surface area contributed by atoms with Crippen molar-refractivity contribution in [2.24, 2.45) is 5.10 Å². The van der Waals surface area contributed by atoms with Gasteiger partial charge in [-0.05, 0) is 43.2 Å². The molecule has 0 saturated heterocycles. The fourth-order valence-corrected chi connectivity index (χ4v) is 4.65. The van der Waals surface area contributed by atoms with Crippen molar-refractivity contribution in [2.75, 3.05) is 20.3 Å². The van der Waals surface area contributed by atoms with E-state index in [-0.39, 0.29) is 18.4 Å². The van der Waals surface area contributed by atoms with Gasteiger partial charge in [0.2, 0.25) is 11.8 Å². The number of hydrogen-bond acceptors (Lipinski definition) is 7. The standard InChI is InChI=1S/C23H26ClN3O5S/c1-13-6-7-19(14(2)10-13)31-8-9-32-21-18(24)11-17(12-20(21)30-5)22-27(16(4)29)26-23(33-22)25-15(3)28/h6-7,10-12,22H,8-9H2,1-5H3,(H,25,26,28)/t22-/m0/s1. The lowest BCUT2D eigenvalue weighted by Crippen LogP contribution is -2.25. The third-order valence-electron chi connectivity index (χ3n) is 4.70. The number of hydrazone groups is 1. The highest BCUT2D eigenvalue weighted by Gasteiger charge is 2.33. The van der Waals surface area contributed by atoms with E-state index in [9.17, 15) is 9.59 Å². The van der Waals surface area contributed by atoms with Crippen LogP contribution in [0, 0.1) is 13.8 Å². The summed E-state index contributed by atoms with van der Waals surface area (Å²) in [6, 6.07) is 9.43. The monoisotopic (exact) mass is 491 g/mol. The number of halogens is 1. The molecule has 1 aliphatic heterocycles. The van der Waals surface area contributed by atoms with Gasteiger partial charge in [-0.3, -0.25) is 9.59 Å². The molecule has 2 aromatic carbocycles. The van der Waals surface area contributed by atoms with Crippen LogP contribution >= 0.6 is 23.4 Å². The maximum Gasteiger partial charge on any atom is 0.241 e. The van der Waals surface area contributed by atoms with Crippen molar-refractivity contribution in [1.82, 2.24) is 10.3 Å². The van der Waals surface area contributed by atoms with Crippen LogP contribution in [-0.4, -0.2) is 42.3 Å². The van der Waals surface area contributed by atoms with Gasteiger partial charge in [0.1, 0.15) is 24.3 Å². The summed E-state index contributed by atoms with van der Waals surface area (Å²) >= 11 is 7.74. The zero-order chi connectivity index (χ0) is 24.1. The molecule has 33 heavy (non-hydrogen) atoms. The highest BCUT2D eigenvalue weighted by Crippen LogP contribution is 2.44. The lowest BCUT2D eigenvalue weighted by atomic mass is 10.1. The van der Waals surface area contributed by atoms with Crippen molar-refractivity contribution >= 4 is 40.3 Å². The fraction of sp³-hybridized carbons (Fsp3) is 0.348. The number of benzene rings is 2. The number of hydrogen-bond donors (Lipinski definition) is 1. The second-order valence-corrected chi connectivity index (χ2v) is 8.90. The highest BCUT2D eigenvalue weighted by atomic mass is 35.5. The Kier molecular flexibility index (Phi) is 8.10. The van der Waals surface area contributed by atoms with Crippen LogP contribution in [0.15, 0.2) is 35.4 Å². The summed E-state index contributed by atoms with van der Waals surface area (Å²) in [5.41, 5.74) is 2.91. The minimum atomic E-state index is -0.502. The summed E-state index contributed by atoms with van der Waals surface area (Å²) in [6.45, 7) is 7.40. The molecule has 1 aliphatic rings. The Morgan fingerprint density at radius 1 is 1.12 bits per heavy atom. The van der Waals surface area contributed by atoms with E-state index >= 15 is 0 Å². The molecular formula is C23H26ClN3O5S. The van der Waals surface area contributed by atoms with E-state index in [1.807, 2.05) is 26.0 Å². The van der Waals surface area contributed by atoms with Gasteiger partial charge >= 0.3 is 0 Å². The molecule has 0 aromatic heterocycles. The molecule has 10 heteroatoms. The first-order chi connectivity index (χ1) is 15.7. The van der Waals surface area contributed by atoms with Gasteiger partial charge in [0, 0.05) is 13.8 Å². The van der Waals surface area contributed by atoms with Gasteiger partial charge in [-0.15, -0.1) is 5.10 Å². The Hall–Kier alpha value is -2.91. The minimum Gasteiger partial charge on any atom is -0.493 e. The summed E-state index contributed by atoms with van der Waals surface area (Å²) in [6.07, 6.45) is 0. The summed E-state index contributed by atoms with van der Waals surface area (Å²) in [5.74, 6) is 1.06. The Bertz CT molecular complexity index is 1090. The quantitative estimate of drug-likeness (QED) is 0.576. The Balaban J connectivity index is 1.71. The molecule has 0 saturated carbocycles. The van der Waals surface area contributed by atoms with Crippen molar-refractivity contribution in [2.45, 2.75) is 33.1 Å². The number of nitrogens with one attached hydrogen (secondary N) is 1. The molecular weight excluding hydrogens is 466 g/mol. The van der Waals surface area contributed by atoms with Crippen molar-refractivity contribution in [3.63, 3.8) is 0 Å². The van der Waals surface area contributed by atoms with E-state index in [1.165, 1.54) is 43.3 Å². The summed E-state index contributed by atoms with van der Waals surface area (Å²) in [4.78, 5) is 23.5. The van der Waals surface area contributed by atoms with Crippen LogP contribution in [0.1, 0.15) is 35.9 Å². The van der Waals surface area contributed by atoms with Crippen molar-refractivity contribution in [1.29, 1.82) is 0 Å². The summed E-state index contributed by atoms with van der Waals surface area (Å²) in [5, 5.41) is 8.26. The maximum atomic E-state index is 12.1. The van der Waals surface area contributed by atoms with Crippen molar-refractivity contribution in [3.05, 3.63) is 52.0 Å². The molecule has 1 atom stereocenters. The normalized spacial score (nSPS) is 15.2. The molecule has 0 fully saturated rings. The zero-order valence-corrected chi connectivity index (χ0v) is 20.7. The molecule has 1 N–H and O–H groups in total. The minimum absolute atomic E-state index is 0.260. The van der Waals surface area contributed by atoms with Crippen LogP contribution in [0.3, 0.4) is 0 Å². The fourth-order valence-electron chi connectivity index (χ4n) is 3.26. The number of carbonyl (C=O) groups is 2. The molecule has 0 unspecified atom stereocenters. The first-order valence-corrected chi connectivity index (χ1v) is 11.5. The van der Waals surface area contributed by atoms with E-state index in [0.717, 1.165) is 11.3 Å². The Labute approximate surface area is 202 Å². The second kappa shape index (κ2) is 10.8. The molecule has 176 valence electrons. The van der Waals surface area contributed by atoms with Crippen LogP contribution in [0.4, 0.5) is 0 Å². The maximum absolute atomic E-state index is 12.1. The molecule has 3 rings (SSSR count). The van der Waals surface area contributed by atoms with Gasteiger partial charge in [0.05, 0.1) is 12.1 Å². The molecule has 8 nitrogen and oxygen atoms in total. The van der Waals surface area contributed by atoms with E-state index in [0.29, 0.717) is 33.9 Å². The summed E-state index contributed by atoms with van der Waals surface area (Å²) in [7, 11) is 1.51. The lowest BCUT2D eigenvalue weighted by Gasteiger charge is -2.21. The number of thioether (sulfide) groups is 1. The van der Waals surface area contributed by atoms with Gasteiger partial charge < -0.3 is 19.5 Å². The molecule has 0 aliphatic carbocycles. The number of aryl methyl sites for hydroxylation is 2. The molecule has 0 spiro atoms. The number of ether oxygens (including phenoxy) is 3. The van der Waals surface area contributed by atoms with E-state index < -0.39 is 5.37 Å². The van der Waals surface area contributed by atoms with Gasteiger partial charge in [0.15, 0.2) is 16.7 Å². The van der Waals surface area contributed by atoms with E-state index in [2.05, 4.69) is 16.5 Å². The average Bonchev–Trinajstić information content (AvgIpc) is 3.16. The van der Waals surface area contributed by atoms with Gasteiger partial charge in [-0.25, -0.2) is 5.01 Å². The SMILES string of the molecule is COc1cc([C@@H]2SC(NC(C)=O)=NN2C(C)=O)cc(Cl)c1OCCOc1ccc(C)cc1C. The van der Waals surface area contributed by atoms with Gasteiger partial charge in [-0.2, -0.15) is 0 Å². The van der Waals surface area contributed by atoms with E-state index in [4.69, 9.17) is 25.8 Å². The molecule has 2 aromatic rings. The largest absolute Gasteiger partial charge is 0.493 e. The predicted molar refractivity (Wildman–Crippen MR) is 129 cm³/mol. The van der Waals surface area contributed by atoms with E-state index in [1.54, 1.807) is 12.1 Å². The number of methoxy groups -OCH3 is 1. The first kappa shape index (κ1) is 24.7. The Morgan fingerprint density at radius 3 is 2.48 bits per heavy atom. The van der Waals surface area contributed by atoms with Crippen molar-refractivity contribution < 1.29 is 23.8 Å². The third kappa shape index (κ3) is 6.11. The predicted octanol–water partition coefficient (Wildman–Crippen LogP) is 4.42. The number of amidine groups is 1. The number of rotatable bonds is 7. The van der Waals surface area contributed by atoms with Crippen LogP contribution in [0.25, 0.3) is 0 Å².